The minimum atomic E-state index is -0.351. The highest BCUT2D eigenvalue weighted by Crippen LogP contribution is 2.21. The number of pyridine rings is 1. The number of nitrogens with zero attached hydrogens (tertiary/aromatic N) is 2. The van der Waals surface area contributed by atoms with E-state index in [0.29, 0.717) is 11.6 Å². The molecule has 2 aromatic heterocycles. The van der Waals surface area contributed by atoms with Crippen LogP contribution in [0.5, 0.6) is 0 Å². The van der Waals surface area contributed by atoms with E-state index in [0.717, 1.165) is 11.1 Å². The van der Waals surface area contributed by atoms with Crippen molar-refractivity contribution < 1.29 is 9.32 Å². The normalized spacial score (nSPS) is 10.3. The highest BCUT2D eigenvalue weighted by molar-refractivity contribution is 6.02. The fraction of sp³-hybridized carbons (Fsp3) is 0.0625. The Morgan fingerprint density at radius 1 is 1.14 bits per heavy atom. The maximum absolute atomic E-state index is 12.0. The van der Waals surface area contributed by atoms with Crippen LogP contribution >= 0.6 is 0 Å². The van der Waals surface area contributed by atoms with Crippen molar-refractivity contribution in [2.75, 3.05) is 5.32 Å². The molecule has 2 heterocycles. The smallest absolute Gasteiger partial charge is 0.279 e. The zero-order chi connectivity index (χ0) is 14.7. The van der Waals surface area contributed by atoms with Crippen LogP contribution in [-0.4, -0.2) is 16.0 Å². The van der Waals surface area contributed by atoms with Gasteiger partial charge in [-0.15, -0.1) is 0 Å². The lowest BCUT2D eigenvalue weighted by atomic mass is 10.1. The van der Waals surface area contributed by atoms with Gasteiger partial charge in [-0.05, 0) is 19.1 Å². The van der Waals surface area contributed by atoms with Crippen LogP contribution in [0.3, 0.4) is 0 Å². The van der Waals surface area contributed by atoms with Crippen molar-refractivity contribution in [3.05, 3.63) is 66.0 Å². The van der Waals surface area contributed by atoms with E-state index in [1.165, 1.54) is 0 Å². The molecular formula is C16H13N3O2. The lowest BCUT2D eigenvalue weighted by Gasteiger charge is -1.99. The molecule has 1 N–H and O–H groups in total. The van der Waals surface area contributed by atoms with Crippen molar-refractivity contribution in [1.82, 2.24) is 10.1 Å². The fourth-order valence-corrected chi connectivity index (χ4v) is 1.85. The Kier molecular flexibility index (Phi) is 3.47. The molecule has 0 aliphatic rings. The van der Waals surface area contributed by atoms with Crippen LogP contribution in [0.25, 0.3) is 11.3 Å². The molecule has 0 aliphatic carbocycles. The quantitative estimate of drug-likeness (QED) is 0.798. The molecule has 0 saturated heterocycles. The van der Waals surface area contributed by atoms with Crippen molar-refractivity contribution >= 4 is 11.7 Å². The van der Waals surface area contributed by atoms with Gasteiger partial charge in [-0.25, -0.2) is 4.98 Å². The number of benzene rings is 1. The van der Waals surface area contributed by atoms with Crippen LogP contribution in [0.4, 0.5) is 5.82 Å². The minimum Gasteiger partial charge on any atom is -0.355 e. The zero-order valence-electron chi connectivity index (χ0n) is 11.4. The molecule has 3 rings (SSSR count). The molecule has 0 fully saturated rings. The van der Waals surface area contributed by atoms with E-state index in [1.807, 2.05) is 31.2 Å². The third-order valence-electron chi connectivity index (χ3n) is 2.99. The number of carbonyl (C=O) groups excluding carboxylic acids is 1. The fourth-order valence-electron chi connectivity index (χ4n) is 1.85. The Bertz CT molecular complexity index is 749. The Balaban J connectivity index is 1.78. The second-order valence-electron chi connectivity index (χ2n) is 4.61. The van der Waals surface area contributed by atoms with E-state index < -0.39 is 0 Å². The summed E-state index contributed by atoms with van der Waals surface area (Å²) >= 11 is 0. The maximum Gasteiger partial charge on any atom is 0.279 e. The Morgan fingerprint density at radius 3 is 2.67 bits per heavy atom. The van der Waals surface area contributed by atoms with E-state index in [2.05, 4.69) is 15.5 Å². The summed E-state index contributed by atoms with van der Waals surface area (Å²) in [5.74, 6) is 0.680. The molecule has 0 unspecified atom stereocenters. The second kappa shape index (κ2) is 5.58. The van der Waals surface area contributed by atoms with Crippen molar-refractivity contribution in [1.29, 1.82) is 0 Å². The average molecular weight is 279 g/mol. The third kappa shape index (κ3) is 2.97. The van der Waals surface area contributed by atoms with Gasteiger partial charge in [-0.3, -0.25) is 4.79 Å². The Labute approximate surface area is 121 Å². The highest BCUT2D eigenvalue weighted by atomic mass is 16.5. The van der Waals surface area contributed by atoms with Crippen LogP contribution in [0.15, 0.2) is 59.3 Å². The van der Waals surface area contributed by atoms with E-state index >= 15 is 0 Å². The number of aromatic nitrogens is 2. The van der Waals surface area contributed by atoms with E-state index in [-0.39, 0.29) is 11.6 Å². The molecule has 1 amide bonds. The van der Waals surface area contributed by atoms with Gasteiger partial charge in [0, 0.05) is 17.8 Å². The average Bonchev–Trinajstić information content (AvgIpc) is 2.99. The van der Waals surface area contributed by atoms with Crippen molar-refractivity contribution in [3.63, 3.8) is 0 Å². The van der Waals surface area contributed by atoms with Gasteiger partial charge in [0.15, 0.2) is 11.5 Å². The number of anilines is 1. The number of hydrogen-bond acceptors (Lipinski definition) is 4. The van der Waals surface area contributed by atoms with Crippen LogP contribution in [0, 0.1) is 6.92 Å². The van der Waals surface area contributed by atoms with Crippen molar-refractivity contribution in [2.24, 2.45) is 0 Å². The predicted octanol–water partition coefficient (Wildman–Crippen LogP) is 3.30. The van der Waals surface area contributed by atoms with E-state index in [4.69, 9.17) is 4.52 Å². The topological polar surface area (TPSA) is 68.0 Å². The number of carbonyl (C=O) groups is 1. The summed E-state index contributed by atoms with van der Waals surface area (Å²) in [6.07, 6.45) is 1.61. The highest BCUT2D eigenvalue weighted by Gasteiger charge is 2.14. The van der Waals surface area contributed by atoms with Crippen molar-refractivity contribution in [3.8, 4) is 11.3 Å². The third-order valence-corrected chi connectivity index (χ3v) is 2.99. The molecule has 0 atom stereocenters. The monoisotopic (exact) mass is 279 g/mol. The van der Waals surface area contributed by atoms with Gasteiger partial charge < -0.3 is 9.84 Å². The summed E-state index contributed by atoms with van der Waals surface area (Å²) in [5.41, 5.74) is 2.26. The zero-order valence-corrected chi connectivity index (χ0v) is 11.4. The summed E-state index contributed by atoms with van der Waals surface area (Å²) in [6.45, 7) is 2.01. The number of aryl methyl sites for hydroxylation is 1. The van der Waals surface area contributed by atoms with E-state index in [9.17, 15) is 4.79 Å². The van der Waals surface area contributed by atoms with E-state index in [1.54, 1.807) is 30.5 Å². The van der Waals surface area contributed by atoms with Crippen LogP contribution in [0.1, 0.15) is 16.1 Å². The molecule has 21 heavy (non-hydrogen) atoms. The first-order valence-electron chi connectivity index (χ1n) is 6.48. The number of nitrogens with one attached hydrogen (secondary N) is 1. The first kappa shape index (κ1) is 13.1. The van der Waals surface area contributed by atoms with Crippen LogP contribution in [-0.2, 0) is 0 Å². The second-order valence-corrected chi connectivity index (χ2v) is 4.61. The molecule has 5 heteroatoms. The number of amides is 1. The summed E-state index contributed by atoms with van der Waals surface area (Å²) in [6, 6.07) is 14.7. The predicted molar refractivity (Wildman–Crippen MR) is 78.9 cm³/mol. The lowest BCUT2D eigenvalue weighted by Crippen LogP contribution is -2.12. The SMILES string of the molecule is Cc1ccc(-c2cc(C(=O)Nc3ccccn3)no2)cc1. The van der Waals surface area contributed by atoms with Gasteiger partial charge in [0.05, 0.1) is 0 Å². The lowest BCUT2D eigenvalue weighted by molar-refractivity contribution is 0.101. The summed E-state index contributed by atoms with van der Waals surface area (Å²) in [4.78, 5) is 16.1. The summed E-state index contributed by atoms with van der Waals surface area (Å²) in [5, 5.41) is 6.46. The van der Waals surface area contributed by atoms with Gasteiger partial charge >= 0.3 is 0 Å². The molecule has 5 nitrogen and oxygen atoms in total. The Hall–Kier alpha value is -2.95. The molecule has 0 aliphatic heterocycles. The van der Waals surface area contributed by atoms with Gasteiger partial charge in [0.25, 0.3) is 5.91 Å². The molecule has 0 spiro atoms. The van der Waals surface area contributed by atoms with Crippen molar-refractivity contribution in [2.45, 2.75) is 6.92 Å². The van der Waals surface area contributed by atoms with Crippen LogP contribution in [0.2, 0.25) is 0 Å². The molecule has 0 saturated carbocycles. The standard InChI is InChI=1S/C16H13N3O2/c1-11-5-7-12(8-6-11)14-10-13(19-21-14)16(20)18-15-4-2-3-9-17-15/h2-10H,1H3,(H,17,18,20). The summed E-state index contributed by atoms with van der Waals surface area (Å²) < 4.78 is 5.22. The Morgan fingerprint density at radius 2 is 1.95 bits per heavy atom. The number of hydrogen-bond donors (Lipinski definition) is 1. The molecule has 104 valence electrons. The van der Waals surface area contributed by atoms with Gasteiger partial charge in [-0.1, -0.05) is 41.1 Å². The molecule has 3 aromatic rings. The molecule has 1 aromatic carbocycles. The van der Waals surface area contributed by atoms with Crippen LogP contribution < -0.4 is 5.32 Å². The van der Waals surface area contributed by atoms with Gasteiger partial charge in [-0.2, -0.15) is 0 Å². The summed E-state index contributed by atoms with van der Waals surface area (Å²) in [7, 11) is 0. The van der Waals surface area contributed by atoms with Gasteiger partial charge in [0.2, 0.25) is 0 Å². The maximum atomic E-state index is 12.0. The molecule has 0 radical (unpaired) electrons. The number of rotatable bonds is 3. The molecular weight excluding hydrogens is 266 g/mol. The largest absolute Gasteiger partial charge is 0.355 e. The van der Waals surface area contributed by atoms with Gasteiger partial charge in [0.1, 0.15) is 5.82 Å². The minimum absolute atomic E-state index is 0.219. The molecule has 0 bridgehead atoms. The first-order chi connectivity index (χ1) is 10.2. The first-order valence-corrected chi connectivity index (χ1v) is 6.48.